The van der Waals surface area contributed by atoms with Gasteiger partial charge >= 0.3 is 0 Å². The van der Waals surface area contributed by atoms with E-state index in [2.05, 4.69) is 0 Å². The molecular weight excluding hydrogens is 260 g/mol. The van der Waals surface area contributed by atoms with E-state index in [0.29, 0.717) is 6.42 Å². The molecule has 0 bridgehead atoms. The van der Waals surface area contributed by atoms with Gasteiger partial charge < -0.3 is 14.6 Å². The molecule has 0 aromatic heterocycles. The number of hydrogen-bond donors (Lipinski definition) is 1. The Bertz CT molecular complexity index is 400. The van der Waals surface area contributed by atoms with Gasteiger partial charge in [-0.05, 0) is 31.6 Å². The Labute approximate surface area is 119 Å². The van der Waals surface area contributed by atoms with Crippen molar-refractivity contribution in [2.75, 3.05) is 18.6 Å². The molecule has 1 aliphatic rings. The van der Waals surface area contributed by atoms with Crippen molar-refractivity contribution in [2.45, 2.75) is 38.4 Å². The molecule has 0 radical (unpaired) electrons. The first-order valence-electron chi connectivity index (χ1n) is 6.79. The minimum Gasteiger partial charge on any atom is -0.493 e. The maximum absolute atomic E-state index is 9.54. The van der Waals surface area contributed by atoms with E-state index in [9.17, 15) is 5.11 Å². The quantitative estimate of drug-likeness (QED) is 0.901. The molecule has 2 atom stereocenters. The zero-order valence-electron chi connectivity index (χ0n) is 11.6. The van der Waals surface area contributed by atoms with E-state index in [4.69, 9.17) is 9.47 Å². The lowest BCUT2D eigenvalue weighted by atomic mass is 10.1. The molecule has 1 saturated heterocycles. The Kier molecular flexibility index (Phi) is 5.40. The van der Waals surface area contributed by atoms with E-state index in [-0.39, 0.29) is 12.2 Å². The Morgan fingerprint density at radius 1 is 1.47 bits per heavy atom. The van der Waals surface area contributed by atoms with Crippen LogP contribution in [-0.4, -0.2) is 35.9 Å². The summed E-state index contributed by atoms with van der Waals surface area (Å²) in [6, 6.07) is 5.89. The summed E-state index contributed by atoms with van der Waals surface area (Å²) in [7, 11) is 1.66. The molecule has 2 unspecified atom stereocenters. The van der Waals surface area contributed by atoms with Gasteiger partial charge in [0.15, 0.2) is 11.5 Å². The topological polar surface area (TPSA) is 38.7 Å². The lowest BCUT2D eigenvalue weighted by Gasteiger charge is -2.24. The number of para-hydroxylation sites is 1. The number of thioether (sulfide) groups is 1. The van der Waals surface area contributed by atoms with Crippen LogP contribution in [0.15, 0.2) is 18.2 Å². The molecule has 0 amide bonds. The first-order valence-corrected chi connectivity index (χ1v) is 7.94. The smallest absolute Gasteiger partial charge is 0.164 e. The number of rotatable bonds is 5. The minimum atomic E-state index is -0.380. The number of aliphatic hydroxyl groups is 1. The third-order valence-electron chi connectivity index (χ3n) is 3.19. The van der Waals surface area contributed by atoms with E-state index in [1.54, 1.807) is 14.0 Å². The molecule has 1 N–H and O–H groups in total. The van der Waals surface area contributed by atoms with Crippen LogP contribution in [0, 0.1) is 0 Å². The van der Waals surface area contributed by atoms with Crippen LogP contribution in [0.2, 0.25) is 0 Å². The van der Waals surface area contributed by atoms with E-state index >= 15 is 0 Å². The highest BCUT2D eigenvalue weighted by molar-refractivity contribution is 7.99. The molecule has 3 nitrogen and oxygen atoms in total. The predicted octanol–water partition coefficient (Wildman–Crippen LogP) is 2.89. The Morgan fingerprint density at radius 2 is 2.32 bits per heavy atom. The summed E-state index contributed by atoms with van der Waals surface area (Å²) in [5, 5.41) is 9.54. The van der Waals surface area contributed by atoms with Crippen LogP contribution in [0.3, 0.4) is 0 Å². The Balaban J connectivity index is 2.14. The fourth-order valence-electron chi connectivity index (χ4n) is 2.35. The van der Waals surface area contributed by atoms with Crippen molar-refractivity contribution in [1.29, 1.82) is 0 Å². The Morgan fingerprint density at radius 3 is 2.95 bits per heavy atom. The van der Waals surface area contributed by atoms with Gasteiger partial charge in [0.2, 0.25) is 0 Å². The van der Waals surface area contributed by atoms with Crippen LogP contribution >= 0.6 is 11.8 Å². The van der Waals surface area contributed by atoms with Crippen LogP contribution in [0.5, 0.6) is 11.5 Å². The van der Waals surface area contributed by atoms with Crippen LogP contribution in [0.4, 0.5) is 0 Å². The molecule has 1 aliphatic heterocycles. The van der Waals surface area contributed by atoms with E-state index in [1.165, 1.54) is 12.2 Å². The van der Waals surface area contributed by atoms with Gasteiger partial charge in [-0.3, -0.25) is 0 Å². The fourth-order valence-corrected chi connectivity index (χ4v) is 3.38. The highest BCUT2D eigenvalue weighted by Gasteiger charge is 2.19. The summed E-state index contributed by atoms with van der Waals surface area (Å²) >= 11 is 1.94. The molecule has 2 rings (SSSR count). The van der Waals surface area contributed by atoms with Gasteiger partial charge in [0, 0.05) is 17.7 Å². The van der Waals surface area contributed by atoms with Crippen molar-refractivity contribution in [1.82, 2.24) is 0 Å². The van der Waals surface area contributed by atoms with Crippen LogP contribution < -0.4 is 9.47 Å². The number of ether oxygens (including phenoxy) is 2. The third kappa shape index (κ3) is 4.05. The van der Waals surface area contributed by atoms with E-state index in [1.807, 2.05) is 30.0 Å². The summed E-state index contributed by atoms with van der Waals surface area (Å²) in [4.78, 5) is 0. The third-order valence-corrected chi connectivity index (χ3v) is 4.38. The van der Waals surface area contributed by atoms with Gasteiger partial charge in [0.25, 0.3) is 0 Å². The van der Waals surface area contributed by atoms with E-state index < -0.39 is 0 Å². The molecule has 1 aromatic rings. The monoisotopic (exact) mass is 282 g/mol. The largest absolute Gasteiger partial charge is 0.493 e. The average Bonchev–Trinajstić information content (AvgIpc) is 2.39. The number of methoxy groups -OCH3 is 1. The Hall–Kier alpha value is -0.870. The molecule has 106 valence electrons. The van der Waals surface area contributed by atoms with Crippen LogP contribution in [0.1, 0.15) is 25.3 Å². The summed E-state index contributed by atoms with van der Waals surface area (Å²) in [6.45, 7) is 1.78. The molecule has 0 saturated carbocycles. The second-order valence-corrected chi connectivity index (χ2v) is 6.11. The van der Waals surface area contributed by atoms with Gasteiger partial charge in [-0.15, -0.1) is 0 Å². The van der Waals surface area contributed by atoms with Crippen LogP contribution in [-0.2, 0) is 6.42 Å². The zero-order valence-corrected chi connectivity index (χ0v) is 12.4. The van der Waals surface area contributed by atoms with Crippen molar-refractivity contribution in [2.24, 2.45) is 0 Å². The molecule has 4 heteroatoms. The van der Waals surface area contributed by atoms with E-state index in [0.717, 1.165) is 29.2 Å². The highest BCUT2D eigenvalue weighted by atomic mass is 32.2. The first kappa shape index (κ1) is 14.5. The van der Waals surface area contributed by atoms with Crippen molar-refractivity contribution in [3.8, 4) is 11.5 Å². The molecule has 19 heavy (non-hydrogen) atoms. The SMILES string of the molecule is COc1c(CC(C)O)cccc1OC1CCCSC1. The zero-order chi connectivity index (χ0) is 13.7. The van der Waals surface area contributed by atoms with Crippen molar-refractivity contribution in [3.63, 3.8) is 0 Å². The summed E-state index contributed by atoms with van der Waals surface area (Å²) in [5.41, 5.74) is 0.999. The molecule has 1 fully saturated rings. The fraction of sp³-hybridized carbons (Fsp3) is 0.600. The van der Waals surface area contributed by atoms with Crippen LogP contribution in [0.25, 0.3) is 0 Å². The molecule has 0 aliphatic carbocycles. The van der Waals surface area contributed by atoms with Crippen molar-refractivity contribution >= 4 is 11.8 Å². The maximum Gasteiger partial charge on any atom is 0.164 e. The first-order chi connectivity index (χ1) is 9.20. The maximum atomic E-state index is 9.54. The van der Waals surface area contributed by atoms with Gasteiger partial charge in [-0.1, -0.05) is 12.1 Å². The van der Waals surface area contributed by atoms with Gasteiger partial charge in [0.1, 0.15) is 6.10 Å². The highest BCUT2D eigenvalue weighted by Crippen LogP contribution is 2.34. The second-order valence-electron chi connectivity index (χ2n) is 4.96. The molecular formula is C15H22O3S. The summed E-state index contributed by atoms with van der Waals surface area (Å²) in [5.74, 6) is 3.84. The van der Waals surface area contributed by atoms with Crippen molar-refractivity contribution in [3.05, 3.63) is 23.8 Å². The standard InChI is InChI=1S/C15H22O3S/c1-11(16)9-12-5-3-7-14(15(12)17-2)18-13-6-4-8-19-10-13/h3,5,7,11,13,16H,4,6,8-10H2,1-2H3. The lowest BCUT2D eigenvalue weighted by Crippen LogP contribution is -2.23. The summed E-state index contributed by atoms with van der Waals surface area (Å²) in [6.07, 6.45) is 2.80. The molecule has 1 aromatic carbocycles. The lowest BCUT2D eigenvalue weighted by molar-refractivity contribution is 0.190. The average molecular weight is 282 g/mol. The van der Waals surface area contributed by atoms with Gasteiger partial charge in [-0.2, -0.15) is 11.8 Å². The number of benzene rings is 1. The summed E-state index contributed by atoms with van der Waals surface area (Å²) < 4.78 is 11.5. The van der Waals surface area contributed by atoms with Gasteiger partial charge in [-0.25, -0.2) is 0 Å². The normalized spacial score (nSPS) is 20.9. The van der Waals surface area contributed by atoms with Gasteiger partial charge in [0.05, 0.1) is 13.2 Å². The number of hydrogen-bond acceptors (Lipinski definition) is 4. The van der Waals surface area contributed by atoms with Crippen molar-refractivity contribution < 1.29 is 14.6 Å². The number of aliphatic hydroxyl groups excluding tert-OH is 1. The molecule has 0 spiro atoms. The molecule has 1 heterocycles. The minimum absolute atomic E-state index is 0.273. The predicted molar refractivity (Wildman–Crippen MR) is 79.4 cm³/mol. The second kappa shape index (κ2) is 7.06.